The van der Waals surface area contributed by atoms with E-state index in [0.29, 0.717) is 134 Å². The Hall–Kier alpha value is -8.00. The van der Waals surface area contributed by atoms with Crippen molar-refractivity contribution in [3.05, 3.63) is 123 Å². The number of nitrogens with one attached hydrogen (secondary N) is 8. The number of ether oxygens (including phenoxy) is 1. The number of piperidine rings is 2. The van der Waals surface area contributed by atoms with Crippen LogP contribution in [-0.4, -0.2) is 138 Å². The number of piperazine rings is 1. The Kier molecular flexibility index (Phi) is 38.7. The van der Waals surface area contributed by atoms with Crippen molar-refractivity contribution >= 4 is 68.2 Å². The molecule has 0 aliphatic carbocycles. The van der Waals surface area contributed by atoms with E-state index in [1.165, 1.54) is 6.42 Å². The molecule has 4 aliphatic rings. The molecule has 26 heteroatoms. The summed E-state index contributed by atoms with van der Waals surface area (Å²) in [6.07, 6.45) is 18.2. The van der Waals surface area contributed by atoms with Gasteiger partial charge in [-0.3, -0.25) is 57.5 Å². The summed E-state index contributed by atoms with van der Waals surface area (Å²) >= 11 is 0. The van der Waals surface area contributed by atoms with Crippen LogP contribution >= 0.6 is 0 Å². The van der Waals surface area contributed by atoms with E-state index in [1.54, 1.807) is 0 Å². The zero-order chi connectivity index (χ0) is 87.6. The lowest BCUT2D eigenvalue weighted by Crippen LogP contribution is -2.50. The maximum atomic E-state index is 11.9. The van der Waals surface area contributed by atoms with Crippen LogP contribution in [0.1, 0.15) is 261 Å². The smallest absolute Gasteiger partial charge is 0.253 e. The molecular formula is C91H151N13O13. The van der Waals surface area contributed by atoms with Crippen LogP contribution < -0.4 is 132 Å². The zero-order valence-corrected chi connectivity index (χ0v) is 76.0. The summed E-state index contributed by atoms with van der Waals surface area (Å²) < 4.78 is 5.27. The van der Waals surface area contributed by atoms with Gasteiger partial charge >= 0.3 is 0 Å². The second kappa shape index (κ2) is 45.4. The minimum Gasteiger partial charge on any atom is -0.380 e. The molecule has 4 fully saturated rings. The molecule has 0 amide bonds. The summed E-state index contributed by atoms with van der Waals surface area (Å²) in [7, 11) is 0. The van der Waals surface area contributed by atoms with Crippen molar-refractivity contribution in [2.45, 2.75) is 261 Å². The minimum atomic E-state index is -0.398. The fraction of sp³-hybridized carbons (Fsp3) is 0.736. The molecule has 0 bridgehead atoms. The maximum absolute atomic E-state index is 11.9. The third-order valence-electron chi connectivity index (χ3n) is 21.7. The quantitative estimate of drug-likeness (QED) is 0.0140. The fourth-order valence-electron chi connectivity index (χ4n) is 14.7. The highest BCUT2D eigenvalue weighted by molar-refractivity contribution is 5.79. The highest BCUT2D eigenvalue weighted by Crippen LogP contribution is 2.31. The second-order valence-electron chi connectivity index (χ2n) is 39.6. The second-order valence-corrected chi connectivity index (χ2v) is 39.6. The van der Waals surface area contributed by atoms with Gasteiger partial charge in [-0.25, -0.2) is 0 Å². The van der Waals surface area contributed by atoms with Crippen molar-refractivity contribution in [1.29, 1.82) is 0 Å². The number of nitrogens with zero attached hydrogens (tertiary/aromatic N) is 5. The van der Waals surface area contributed by atoms with Gasteiger partial charge in [0.05, 0.1) is 13.2 Å². The van der Waals surface area contributed by atoms with E-state index >= 15 is 0 Å². The van der Waals surface area contributed by atoms with Gasteiger partial charge in [-0.2, -0.15) is 0 Å². The summed E-state index contributed by atoms with van der Waals surface area (Å²) in [5, 5.41) is 25.1. The Morgan fingerprint density at radius 3 is 0.872 bits per heavy atom. The first-order valence-electron chi connectivity index (χ1n) is 43.9. The number of morpholine rings is 1. The van der Waals surface area contributed by atoms with E-state index in [2.05, 4.69) is 184 Å². The van der Waals surface area contributed by atoms with Crippen LogP contribution in [0.3, 0.4) is 0 Å². The Morgan fingerprint density at radius 1 is 0.316 bits per heavy atom. The van der Waals surface area contributed by atoms with Crippen molar-refractivity contribution in [2.75, 3.05) is 199 Å². The maximum Gasteiger partial charge on any atom is 0.253 e. The lowest BCUT2D eigenvalue weighted by atomic mass is 9.90. The number of hydrogen-bond acceptors (Lipinski definition) is 26. The molecule has 0 spiro atoms. The number of rotatable bonds is 33. The minimum absolute atomic E-state index is 0.294. The SMILES string of the molecule is CC(C)(C)CCCNc1c(N2CCCCC2)c(=O)c1=O.CC(C)(C)CCCNc1c(N2CCNCC2)c(=O)c1=O.CC(C)(C)CCCNc1c(N2CCOCC2)c(=O)c1=O.CC1CCN(c2c(NCCCC(C)(C)C)c(=O)c2=O)CC1.CCN(CC)c1c(NCCCC(C)(C)C)c(=O)c1=O.CCNc1c(NCCCC(C)(C)C)c(=O)c1=O. The standard InChI is InChI=1S/C17H28N2O2.C16H26N2O2.C15H25N3O2.C15H24N2O3.C15H26N2O2.C13H22N2O2/c1-12-6-10-19(11-7-12)14-13(15(20)16(14)21)18-9-5-8-17(2,3)4;1-16(2,3)8-7-9-17-12-13(15(20)14(12)19)18-10-5-4-6-11-18;1-15(2,3)5-4-6-17-11-12(14(20)13(11)19)18-9-7-16-8-10-18;1-15(2,3)5-4-6-16-11-12(14(19)13(11)18)17-7-9-20-10-8-17;1-6-17(7-2)12-11(13(18)14(12)19)16-10-8-9-15(3,4)5;1-5-14-9-10(12(17)11(9)16)15-8-6-7-13(2,3)4/h12,18H,5-11H2,1-4H3;17H,4-11H2,1-3H3;16-17H,4-10H2,1-3H3;16H,4-10H2,1-3H3;16H,6-10H2,1-5H3;14-15H,5-8H2,1-4H3. The highest BCUT2D eigenvalue weighted by atomic mass is 16.5. The molecule has 0 aromatic heterocycles. The van der Waals surface area contributed by atoms with Gasteiger partial charge in [0.2, 0.25) is 0 Å². The zero-order valence-electron chi connectivity index (χ0n) is 76.0. The molecule has 26 nitrogen and oxygen atoms in total. The van der Waals surface area contributed by atoms with E-state index in [4.69, 9.17) is 4.74 Å². The predicted molar refractivity (Wildman–Crippen MR) is 494 cm³/mol. The van der Waals surface area contributed by atoms with Gasteiger partial charge in [0.15, 0.2) is 0 Å². The third-order valence-corrected chi connectivity index (χ3v) is 21.7. The molecule has 0 atom stereocenters. The molecular weight excluding hydrogens is 1480 g/mol. The van der Waals surface area contributed by atoms with Crippen molar-refractivity contribution < 1.29 is 4.74 Å². The topological polar surface area (TPSA) is 327 Å². The van der Waals surface area contributed by atoms with Gasteiger partial charge in [-0.05, 0) is 168 Å². The van der Waals surface area contributed by atoms with Crippen LogP contribution in [0.2, 0.25) is 0 Å². The van der Waals surface area contributed by atoms with Gasteiger partial charge in [0, 0.05) is 124 Å². The highest BCUT2D eigenvalue weighted by Gasteiger charge is 2.33. The molecule has 10 rings (SSSR count). The molecule has 0 unspecified atom stereocenters. The molecule has 6 aromatic rings. The van der Waals surface area contributed by atoms with E-state index in [0.717, 1.165) is 213 Å². The third kappa shape index (κ3) is 31.3. The van der Waals surface area contributed by atoms with E-state index < -0.39 is 10.9 Å². The number of hydrogen-bond donors (Lipinski definition) is 8. The summed E-state index contributed by atoms with van der Waals surface area (Å²) in [6.45, 7) is 63.9. The predicted octanol–water partition coefficient (Wildman–Crippen LogP) is 11.9. The lowest BCUT2D eigenvalue weighted by molar-refractivity contribution is 0.122. The van der Waals surface area contributed by atoms with E-state index in [9.17, 15) is 57.5 Å². The van der Waals surface area contributed by atoms with Crippen LogP contribution in [0.25, 0.3) is 0 Å². The van der Waals surface area contributed by atoms with E-state index in [-0.39, 0.29) is 54.3 Å². The molecule has 4 aliphatic heterocycles. The molecule has 6 aromatic carbocycles. The van der Waals surface area contributed by atoms with Crippen LogP contribution in [0.15, 0.2) is 57.5 Å². The first kappa shape index (κ1) is 99.6. The Morgan fingerprint density at radius 2 is 0.573 bits per heavy atom. The van der Waals surface area contributed by atoms with Crippen molar-refractivity contribution in [2.24, 2.45) is 38.4 Å². The van der Waals surface area contributed by atoms with Crippen molar-refractivity contribution in [1.82, 2.24) is 5.32 Å². The first-order valence-corrected chi connectivity index (χ1v) is 43.9. The lowest BCUT2D eigenvalue weighted by Gasteiger charge is -2.33. The summed E-state index contributed by atoms with van der Waals surface area (Å²) in [6, 6.07) is 0. The van der Waals surface area contributed by atoms with Gasteiger partial charge in [-0.1, -0.05) is 132 Å². The van der Waals surface area contributed by atoms with Gasteiger partial charge in [0.25, 0.3) is 65.1 Å². The normalized spacial score (nSPS) is 15.3. The van der Waals surface area contributed by atoms with E-state index in [1.807, 2.05) is 35.5 Å². The Labute approximate surface area is 696 Å². The Balaban J connectivity index is 0.000000251. The van der Waals surface area contributed by atoms with Crippen molar-refractivity contribution in [3.63, 3.8) is 0 Å². The average molecular weight is 1640 g/mol. The molecule has 658 valence electrons. The van der Waals surface area contributed by atoms with Crippen molar-refractivity contribution in [3.8, 4) is 0 Å². The molecule has 117 heavy (non-hydrogen) atoms. The Bertz CT molecular complexity index is 4240. The van der Waals surface area contributed by atoms with Crippen LogP contribution in [0, 0.1) is 38.4 Å². The average Bonchev–Trinajstić information content (AvgIpc) is 0.788. The molecule has 8 N–H and O–H groups in total. The molecule has 0 radical (unpaired) electrons. The fourth-order valence-corrected chi connectivity index (χ4v) is 14.7. The molecule has 4 saturated heterocycles. The summed E-state index contributed by atoms with van der Waals surface area (Å²) in [4.78, 5) is 150. The van der Waals surface area contributed by atoms with Crippen LogP contribution in [0.5, 0.6) is 0 Å². The molecule has 4 heterocycles. The number of anilines is 12. The monoisotopic (exact) mass is 1630 g/mol. The van der Waals surface area contributed by atoms with Crippen LogP contribution in [0.4, 0.5) is 68.2 Å². The van der Waals surface area contributed by atoms with Crippen LogP contribution in [-0.2, 0) is 4.74 Å². The summed E-state index contributed by atoms with van der Waals surface area (Å²) in [5.74, 6) is 0.718. The van der Waals surface area contributed by atoms with Gasteiger partial charge in [-0.15, -0.1) is 0 Å². The largest absolute Gasteiger partial charge is 0.380 e. The van der Waals surface area contributed by atoms with Gasteiger partial charge < -0.3 is 71.8 Å². The summed E-state index contributed by atoms with van der Waals surface area (Å²) in [5.41, 5.74) is 4.26. The molecule has 0 saturated carbocycles. The first-order chi connectivity index (χ1) is 54.7. The van der Waals surface area contributed by atoms with Gasteiger partial charge in [0.1, 0.15) is 68.2 Å².